The van der Waals surface area contributed by atoms with Gasteiger partial charge < -0.3 is 15.2 Å². The average molecular weight is 398 g/mol. The zero-order chi connectivity index (χ0) is 20.5. The standard InChI is InChI=1S/C18H18N6O5/c1-10-13(29-15(25)6-11-2-4-12(5-3-11)24(26)27)7-14(28-10)23-9-22-16-17(19)20-8-21-18(16)23/h2-5,8-10,13-14H,6-7H2,1H3,(H2,19,20,21)/t10-,13+,14-/m1/s1. The number of hydrogen-bond acceptors (Lipinski definition) is 9. The summed E-state index contributed by atoms with van der Waals surface area (Å²) in [7, 11) is 0. The summed E-state index contributed by atoms with van der Waals surface area (Å²) in [6, 6.07) is 5.80. The molecule has 0 radical (unpaired) electrons. The first-order chi connectivity index (χ1) is 13.9. The fraction of sp³-hybridized carbons (Fsp3) is 0.333. The SMILES string of the molecule is C[C@H]1O[C@@H](n2cnc3c(N)ncnc32)C[C@@H]1OC(=O)Cc1ccc([N+](=O)[O-])cc1. The lowest BCUT2D eigenvalue weighted by Gasteiger charge is -2.14. The third-order valence-electron chi connectivity index (χ3n) is 4.81. The Kier molecular flexibility index (Phi) is 4.80. The highest BCUT2D eigenvalue weighted by atomic mass is 16.6. The zero-order valence-corrected chi connectivity index (χ0v) is 15.5. The maximum Gasteiger partial charge on any atom is 0.310 e. The molecule has 2 N–H and O–H groups in total. The minimum absolute atomic E-state index is 0.0175. The van der Waals surface area contributed by atoms with Gasteiger partial charge in [-0.05, 0) is 12.5 Å². The lowest BCUT2D eigenvalue weighted by molar-refractivity contribution is -0.384. The van der Waals surface area contributed by atoms with E-state index in [-0.39, 0.29) is 24.0 Å². The molecule has 0 amide bonds. The van der Waals surface area contributed by atoms with E-state index in [0.717, 1.165) is 0 Å². The Morgan fingerprint density at radius 2 is 2.10 bits per heavy atom. The fourth-order valence-corrected chi connectivity index (χ4v) is 3.30. The van der Waals surface area contributed by atoms with E-state index in [9.17, 15) is 14.9 Å². The molecule has 4 rings (SSSR count). The van der Waals surface area contributed by atoms with E-state index in [1.807, 2.05) is 6.92 Å². The number of anilines is 1. The number of imidazole rings is 1. The number of carbonyl (C=O) groups is 1. The number of non-ortho nitro benzene ring substituents is 1. The van der Waals surface area contributed by atoms with Crippen LogP contribution in [-0.2, 0) is 20.7 Å². The van der Waals surface area contributed by atoms with Crippen LogP contribution in [-0.4, -0.2) is 42.6 Å². The molecular formula is C18H18N6O5. The molecule has 0 aliphatic carbocycles. The molecule has 1 aliphatic rings. The summed E-state index contributed by atoms with van der Waals surface area (Å²) >= 11 is 0. The van der Waals surface area contributed by atoms with Crippen LogP contribution in [0, 0.1) is 10.1 Å². The van der Waals surface area contributed by atoms with Crippen LogP contribution in [0.15, 0.2) is 36.9 Å². The predicted molar refractivity (Wildman–Crippen MR) is 101 cm³/mol. The van der Waals surface area contributed by atoms with Crippen LogP contribution < -0.4 is 5.73 Å². The van der Waals surface area contributed by atoms with Crippen LogP contribution in [0.5, 0.6) is 0 Å². The van der Waals surface area contributed by atoms with Crippen molar-refractivity contribution in [3.63, 3.8) is 0 Å². The maximum absolute atomic E-state index is 12.3. The van der Waals surface area contributed by atoms with Gasteiger partial charge in [0.2, 0.25) is 0 Å². The number of nitrogens with zero attached hydrogens (tertiary/aromatic N) is 5. The van der Waals surface area contributed by atoms with E-state index in [4.69, 9.17) is 15.2 Å². The van der Waals surface area contributed by atoms with Gasteiger partial charge in [0.05, 0.1) is 23.8 Å². The summed E-state index contributed by atoms with van der Waals surface area (Å²) in [5.41, 5.74) is 7.46. The number of carbonyl (C=O) groups excluding carboxylic acids is 1. The van der Waals surface area contributed by atoms with Crippen LogP contribution in [0.25, 0.3) is 11.2 Å². The Balaban J connectivity index is 1.41. The van der Waals surface area contributed by atoms with E-state index in [2.05, 4.69) is 15.0 Å². The molecule has 0 spiro atoms. The Hall–Kier alpha value is -3.60. The summed E-state index contributed by atoms with van der Waals surface area (Å²) in [6.07, 6.45) is 2.22. The second kappa shape index (κ2) is 7.43. The Bertz CT molecular complexity index is 1070. The molecule has 11 nitrogen and oxygen atoms in total. The van der Waals surface area contributed by atoms with Gasteiger partial charge >= 0.3 is 5.97 Å². The van der Waals surface area contributed by atoms with Crippen LogP contribution in [0.2, 0.25) is 0 Å². The van der Waals surface area contributed by atoms with Gasteiger partial charge in [-0.2, -0.15) is 0 Å². The van der Waals surface area contributed by atoms with Crippen molar-refractivity contribution in [3.8, 4) is 0 Å². The number of fused-ring (bicyclic) bond motifs is 1. The Labute approximate surface area is 164 Å². The van der Waals surface area contributed by atoms with Crippen molar-refractivity contribution in [1.82, 2.24) is 19.5 Å². The maximum atomic E-state index is 12.3. The van der Waals surface area contributed by atoms with Crippen molar-refractivity contribution in [1.29, 1.82) is 0 Å². The first-order valence-corrected chi connectivity index (χ1v) is 8.93. The van der Waals surface area contributed by atoms with E-state index in [1.165, 1.54) is 18.5 Å². The van der Waals surface area contributed by atoms with Crippen LogP contribution in [0.3, 0.4) is 0 Å². The quantitative estimate of drug-likeness (QED) is 0.385. The molecule has 0 unspecified atom stereocenters. The summed E-state index contributed by atoms with van der Waals surface area (Å²) in [6.45, 7) is 1.83. The number of esters is 1. The molecular weight excluding hydrogens is 380 g/mol. The van der Waals surface area contributed by atoms with E-state index in [0.29, 0.717) is 23.1 Å². The number of nitrogens with two attached hydrogens (primary N) is 1. The second-order valence-corrected chi connectivity index (χ2v) is 6.74. The van der Waals surface area contributed by atoms with Crippen LogP contribution >= 0.6 is 0 Å². The number of aromatic nitrogens is 4. The number of benzene rings is 1. The molecule has 0 bridgehead atoms. The van der Waals surface area contributed by atoms with Gasteiger partial charge in [0, 0.05) is 18.6 Å². The summed E-state index contributed by atoms with van der Waals surface area (Å²) in [5, 5.41) is 10.7. The number of nitrogen functional groups attached to an aromatic ring is 1. The fourth-order valence-electron chi connectivity index (χ4n) is 3.30. The number of nitro benzene ring substituents is 1. The van der Waals surface area contributed by atoms with Crippen LogP contribution in [0.4, 0.5) is 11.5 Å². The molecule has 3 atom stereocenters. The normalized spacial score (nSPS) is 21.3. The molecule has 29 heavy (non-hydrogen) atoms. The highest BCUT2D eigenvalue weighted by Crippen LogP contribution is 2.33. The van der Waals surface area contributed by atoms with E-state index >= 15 is 0 Å². The first kappa shape index (κ1) is 18.7. The van der Waals surface area contributed by atoms with Gasteiger partial charge in [0.25, 0.3) is 5.69 Å². The number of hydrogen-bond donors (Lipinski definition) is 1. The minimum atomic E-state index is -0.488. The van der Waals surface area contributed by atoms with Crippen molar-refractivity contribution in [3.05, 3.63) is 52.6 Å². The van der Waals surface area contributed by atoms with Crippen molar-refractivity contribution in [2.24, 2.45) is 0 Å². The van der Waals surface area contributed by atoms with Crippen molar-refractivity contribution in [2.45, 2.75) is 38.2 Å². The molecule has 3 heterocycles. The molecule has 0 saturated carbocycles. The highest BCUT2D eigenvalue weighted by Gasteiger charge is 2.37. The molecule has 11 heteroatoms. The lowest BCUT2D eigenvalue weighted by Crippen LogP contribution is -2.25. The first-order valence-electron chi connectivity index (χ1n) is 8.93. The molecule has 1 fully saturated rings. The third-order valence-corrected chi connectivity index (χ3v) is 4.81. The Morgan fingerprint density at radius 1 is 1.34 bits per heavy atom. The smallest absolute Gasteiger partial charge is 0.310 e. The molecule has 3 aromatic rings. The van der Waals surface area contributed by atoms with Gasteiger partial charge in [-0.3, -0.25) is 19.5 Å². The highest BCUT2D eigenvalue weighted by molar-refractivity contribution is 5.81. The molecule has 1 aliphatic heterocycles. The zero-order valence-electron chi connectivity index (χ0n) is 15.5. The van der Waals surface area contributed by atoms with Crippen molar-refractivity contribution < 1.29 is 19.2 Å². The Morgan fingerprint density at radius 3 is 2.83 bits per heavy atom. The number of ether oxygens (including phenoxy) is 2. The monoisotopic (exact) mass is 398 g/mol. The van der Waals surface area contributed by atoms with Gasteiger partial charge in [0.1, 0.15) is 24.2 Å². The molecule has 150 valence electrons. The second-order valence-electron chi connectivity index (χ2n) is 6.74. The summed E-state index contributed by atoms with van der Waals surface area (Å²) in [4.78, 5) is 34.9. The van der Waals surface area contributed by atoms with E-state index < -0.39 is 23.2 Å². The number of nitro groups is 1. The third kappa shape index (κ3) is 3.72. The van der Waals surface area contributed by atoms with E-state index in [1.54, 1.807) is 23.0 Å². The van der Waals surface area contributed by atoms with Gasteiger partial charge in [-0.1, -0.05) is 12.1 Å². The van der Waals surface area contributed by atoms with Crippen LogP contribution in [0.1, 0.15) is 25.1 Å². The van der Waals surface area contributed by atoms with Crippen molar-refractivity contribution in [2.75, 3.05) is 5.73 Å². The molecule has 1 aromatic carbocycles. The molecule has 2 aromatic heterocycles. The minimum Gasteiger partial charge on any atom is -0.459 e. The number of rotatable bonds is 5. The van der Waals surface area contributed by atoms with Gasteiger partial charge in [0.15, 0.2) is 11.5 Å². The lowest BCUT2D eigenvalue weighted by atomic mass is 10.1. The average Bonchev–Trinajstić information content (AvgIpc) is 3.27. The van der Waals surface area contributed by atoms with Gasteiger partial charge in [-0.15, -0.1) is 0 Å². The molecule has 1 saturated heterocycles. The van der Waals surface area contributed by atoms with Crippen molar-refractivity contribution >= 4 is 28.6 Å². The topological polar surface area (TPSA) is 148 Å². The predicted octanol–water partition coefficient (Wildman–Crippen LogP) is 1.78. The summed E-state index contributed by atoms with van der Waals surface area (Å²) in [5.74, 6) is -0.145. The summed E-state index contributed by atoms with van der Waals surface area (Å²) < 4.78 is 13.3. The van der Waals surface area contributed by atoms with Gasteiger partial charge in [-0.25, -0.2) is 15.0 Å². The largest absolute Gasteiger partial charge is 0.459 e.